The van der Waals surface area contributed by atoms with Gasteiger partial charge in [0.25, 0.3) is 0 Å². The summed E-state index contributed by atoms with van der Waals surface area (Å²) in [5.74, 6) is 2.98. The number of methoxy groups -OCH3 is 3. The molecule has 144 valence electrons. The van der Waals surface area contributed by atoms with Crippen molar-refractivity contribution in [3.8, 4) is 17.2 Å². The van der Waals surface area contributed by atoms with Crippen LogP contribution in [0.3, 0.4) is 0 Å². The van der Waals surface area contributed by atoms with E-state index in [1.54, 1.807) is 21.3 Å². The molecule has 2 fully saturated rings. The van der Waals surface area contributed by atoms with Crippen molar-refractivity contribution in [2.45, 2.75) is 25.7 Å². The second kappa shape index (κ2) is 8.62. The highest BCUT2D eigenvalue weighted by molar-refractivity contribution is 5.76. The summed E-state index contributed by atoms with van der Waals surface area (Å²) in [6, 6.07) is 3.80. The standard InChI is InChI=1S/C20H30N2O4/c1-24-17-8-6-16(19(25-2)20(17)26-3)7-9-18(23)22-12-10-21(11-13-22)14-15-4-5-15/h6,8,15H,4-5,7,9-14H2,1-3H3. The van der Waals surface area contributed by atoms with E-state index in [0.29, 0.717) is 30.1 Å². The molecule has 1 heterocycles. The van der Waals surface area contributed by atoms with E-state index >= 15 is 0 Å². The zero-order valence-corrected chi connectivity index (χ0v) is 16.1. The Morgan fingerprint density at radius 1 is 1.00 bits per heavy atom. The molecule has 0 radical (unpaired) electrons. The quantitative estimate of drug-likeness (QED) is 0.710. The lowest BCUT2D eigenvalue weighted by atomic mass is 10.1. The Bertz CT molecular complexity index is 622. The lowest BCUT2D eigenvalue weighted by molar-refractivity contribution is -0.132. The Labute approximate surface area is 156 Å². The van der Waals surface area contributed by atoms with Gasteiger partial charge in [-0.15, -0.1) is 0 Å². The molecule has 1 aromatic carbocycles. The van der Waals surface area contributed by atoms with Gasteiger partial charge in [-0.25, -0.2) is 0 Å². The van der Waals surface area contributed by atoms with Gasteiger partial charge in [0.05, 0.1) is 21.3 Å². The van der Waals surface area contributed by atoms with Gasteiger partial charge in [-0.05, 0) is 36.8 Å². The number of piperazine rings is 1. The molecule has 1 amide bonds. The minimum atomic E-state index is 0.216. The van der Waals surface area contributed by atoms with Crippen LogP contribution in [0.1, 0.15) is 24.8 Å². The SMILES string of the molecule is COc1ccc(CCC(=O)N2CCN(CC3CC3)CC2)c(OC)c1OC. The Morgan fingerprint density at radius 3 is 2.27 bits per heavy atom. The van der Waals surface area contributed by atoms with Crippen molar-refractivity contribution in [1.82, 2.24) is 9.80 Å². The third-order valence-corrected chi connectivity index (χ3v) is 5.33. The molecular weight excluding hydrogens is 332 g/mol. The molecule has 2 aliphatic rings. The van der Waals surface area contributed by atoms with Crippen LogP contribution in [-0.4, -0.2) is 69.8 Å². The summed E-state index contributed by atoms with van der Waals surface area (Å²) in [6.45, 7) is 4.90. The molecule has 1 saturated carbocycles. The molecule has 3 rings (SSSR count). The molecule has 0 atom stereocenters. The molecule has 1 aliphatic heterocycles. The van der Waals surface area contributed by atoms with E-state index in [1.165, 1.54) is 19.4 Å². The molecule has 1 aromatic rings. The predicted octanol–water partition coefficient (Wildman–Crippen LogP) is 2.20. The highest BCUT2D eigenvalue weighted by Gasteiger charge is 2.27. The first-order chi connectivity index (χ1) is 12.7. The molecule has 26 heavy (non-hydrogen) atoms. The molecule has 0 bridgehead atoms. The van der Waals surface area contributed by atoms with Crippen molar-refractivity contribution < 1.29 is 19.0 Å². The van der Waals surface area contributed by atoms with Gasteiger partial charge in [0, 0.05) is 39.1 Å². The first kappa shape index (κ1) is 18.8. The van der Waals surface area contributed by atoms with Gasteiger partial charge in [0.1, 0.15) is 0 Å². The third kappa shape index (κ3) is 4.41. The molecule has 6 nitrogen and oxygen atoms in total. The Kier molecular flexibility index (Phi) is 6.25. The topological polar surface area (TPSA) is 51.2 Å². The molecule has 6 heteroatoms. The highest BCUT2D eigenvalue weighted by Crippen LogP contribution is 2.40. The molecular formula is C20H30N2O4. The number of amides is 1. The van der Waals surface area contributed by atoms with E-state index < -0.39 is 0 Å². The van der Waals surface area contributed by atoms with Crippen molar-refractivity contribution in [2.24, 2.45) is 5.92 Å². The van der Waals surface area contributed by atoms with E-state index in [0.717, 1.165) is 37.7 Å². The summed E-state index contributed by atoms with van der Waals surface area (Å²) in [5.41, 5.74) is 0.964. The minimum absolute atomic E-state index is 0.216. The van der Waals surface area contributed by atoms with Crippen LogP contribution in [0.4, 0.5) is 0 Å². The summed E-state index contributed by atoms with van der Waals surface area (Å²) in [5, 5.41) is 0. The van der Waals surface area contributed by atoms with E-state index in [9.17, 15) is 4.79 Å². The van der Waals surface area contributed by atoms with Crippen LogP contribution in [0.15, 0.2) is 12.1 Å². The number of carbonyl (C=O) groups excluding carboxylic acids is 1. The third-order valence-electron chi connectivity index (χ3n) is 5.33. The van der Waals surface area contributed by atoms with Gasteiger partial charge in [-0.3, -0.25) is 9.69 Å². The molecule has 0 aromatic heterocycles. The fourth-order valence-corrected chi connectivity index (χ4v) is 3.61. The van der Waals surface area contributed by atoms with Crippen molar-refractivity contribution in [2.75, 3.05) is 54.1 Å². The van der Waals surface area contributed by atoms with Gasteiger partial charge >= 0.3 is 0 Å². The molecule has 0 unspecified atom stereocenters. The van der Waals surface area contributed by atoms with Gasteiger partial charge < -0.3 is 19.1 Å². The first-order valence-corrected chi connectivity index (χ1v) is 9.44. The highest BCUT2D eigenvalue weighted by atomic mass is 16.5. The number of ether oxygens (including phenoxy) is 3. The zero-order chi connectivity index (χ0) is 18.5. The van der Waals surface area contributed by atoms with Gasteiger partial charge in [-0.1, -0.05) is 6.07 Å². The number of carbonyl (C=O) groups is 1. The molecule has 0 spiro atoms. The Hall–Kier alpha value is -1.95. The maximum absolute atomic E-state index is 12.6. The Balaban J connectivity index is 1.54. The Morgan fingerprint density at radius 2 is 1.69 bits per heavy atom. The van der Waals surface area contributed by atoms with Crippen LogP contribution in [0.25, 0.3) is 0 Å². The first-order valence-electron chi connectivity index (χ1n) is 9.44. The summed E-state index contributed by atoms with van der Waals surface area (Å²) in [6.07, 6.45) is 3.87. The van der Waals surface area contributed by atoms with Crippen molar-refractivity contribution in [3.63, 3.8) is 0 Å². The smallest absolute Gasteiger partial charge is 0.222 e. The number of benzene rings is 1. The van der Waals surface area contributed by atoms with Gasteiger partial charge in [-0.2, -0.15) is 0 Å². The van der Waals surface area contributed by atoms with Crippen LogP contribution in [-0.2, 0) is 11.2 Å². The van der Waals surface area contributed by atoms with Crippen LogP contribution in [0.2, 0.25) is 0 Å². The second-order valence-electron chi connectivity index (χ2n) is 7.12. The van der Waals surface area contributed by atoms with Crippen LogP contribution < -0.4 is 14.2 Å². The maximum atomic E-state index is 12.6. The van der Waals surface area contributed by atoms with Crippen molar-refractivity contribution >= 4 is 5.91 Å². The summed E-state index contributed by atoms with van der Waals surface area (Å²) in [7, 11) is 4.81. The van der Waals surface area contributed by atoms with Crippen molar-refractivity contribution in [3.05, 3.63) is 17.7 Å². The maximum Gasteiger partial charge on any atom is 0.222 e. The average Bonchev–Trinajstić information content (AvgIpc) is 3.49. The van der Waals surface area contributed by atoms with Gasteiger partial charge in [0.2, 0.25) is 11.7 Å². The zero-order valence-electron chi connectivity index (χ0n) is 16.1. The summed E-state index contributed by atoms with van der Waals surface area (Å²) < 4.78 is 16.2. The second-order valence-corrected chi connectivity index (χ2v) is 7.12. The number of hydrogen-bond acceptors (Lipinski definition) is 5. The number of aryl methyl sites for hydroxylation is 1. The number of rotatable bonds is 8. The van der Waals surface area contributed by atoms with Crippen molar-refractivity contribution in [1.29, 1.82) is 0 Å². The molecule has 1 aliphatic carbocycles. The molecule has 1 saturated heterocycles. The fourth-order valence-electron chi connectivity index (χ4n) is 3.61. The molecule has 0 N–H and O–H groups in total. The summed E-state index contributed by atoms with van der Waals surface area (Å²) in [4.78, 5) is 17.1. The van der Waals surface area contributed by atoms with Gasteiger partial charge in [0.15, 0.2) is 11.5 Å². The number of hydrogen-bond donors (Lipinski definition) is 0. The fraction of sp³-hybridized carbons (Fsp3) is 0.650. The minimum Gasteiger partial charge on any atom is -0.493 e. The monoisotopic (exact) mass is 362 g/mol. The van der Waals surface area contributed by atoms with Crippen LogP contribution >= 0.6 is 0 Å². The number of nitrogens with zero attached hydrogens (tertiary/aromatic N) is 2. The normalized spacial score (nSPS) is 17.9. The average molecular weight is 362 g/mol. The van der Waals surface area contributed by atoms with Crippen LogP contribution in [0.5, 0.6) is 17.2 Å². The van der Waals surface area contributed by atoms with Crippen LogP contribution in [0, 0.1) is 5.92 Å². The van der Waals surface area contributed by atoms with E-state index in [4.69, 9.17) is 14.2 Å². The predicted molar refractivity (Wildman–Crippen MR) is 100 cm³/mol. The van der Waals surface area contributed by atoms with E-state index in [1.807, 2.05) is 17.0 Å². The van der Waals surface area contributed by atoms with E-state index in [-0.39, 0.29) is 5.91 Å². The lowest BCUT2D eigenvalue weighted by Crippen LogP contribution is -2.49. The largest absolute Gasteiger partial charge is 0.493 e. The summed E-state index contributed by atoms with van der Waals surface area (Å²) >= 11 is 0. The van der Waals surface area contributed by atoms with E-state index in [2.05, 4.69) is 4.90 Å². The lowest BCUT2D eigenvalue weighted by Gasteiger charge is -2.35.